The van der Waals surface area contributed by atoms with E-state index in [9.17, 15) is 13.0 Å². The molecule has 0 saturated heterocycles. The zero-order valence-corrected chi connectivity index (χ0v) is 18.5. The number of aryl methyl sites for hydroxylation is 1. The first-order valence-electron chi connectivity index (χ1n) is 9.56. The highest BCUT2D eigenvalue weighted by molar-refractivity contribution is 7.93. The number of halogens is 2. The van der Waals surface area contributed by atoms with Crippen LogP contribution in [0, 0.1) is 11.6 Å². The minimum absolute atomic E-state index is 0.330. The van der Waals surface area contributed by atoms with E-state index in [-0.39, 0.29) is 0 Å². The molecule has 0 aliphatic heterocycles. The van der Waals surface area contributed by atoms with Crippen molar-refractivity contribution in [1.29, 1.82) is 0 Å². The van der Waals surface area contributed by atoms with Gasteiger partial charge in [0.25, 0.3) is 0 Å². The fourth-order valence-corrected chi connectivity index (χ4v) is 5.31. The van der Waals surface area contributed by atoms with E-state index in [1.165, 1.54) is 17.4 Å². The molecule has 4 rings (SSSR count). The molecule has 1 unspecified atom stereocenters. The third-order valence-corrected chi connectivity index (χ3v) is 7.55. The monoisotopic (exact) mass is 455 g/mol. The van der Waals surface area contributed by atoms with Gasteiger partial charge in [-0.3, -0.25) is 0 Å². The molecule has 4 aromatic rings. The Hall–Kier alpha value is -2.97. The van der Waals surface area contributed by atoms with E-state index in [0.717, 1.165) is 27.6 Å². The summed E-state index contributed by atoms with van der Waals surface area (Å²) < 4.78 is 44.8. The Kier molecular flexibility index (Phi) is 5.93. The van der Waals surface area contributed by atoms with Crippen LogP contribution in [0.4, 0.5) is 14.6 Å². The fourth-order valence-electron chi connectivity index (χ4n) is 3.06. The van der Waals surface area contributed by atoms with Crippen molar-refractivity contribution in [3.63, 3.8) is 0 Å². The summed E-state index contributed by atoms with van der Waals surface area (Å²) in [6.45, 7) is 1.98. The predicted octanol–water partition coefficient (Wildman–Crippen LogP) is 6.50. The second-order valence-electron chi connectivity index (χ2n) is 6.88. The van der Waals surface area contributed by atoms with Crippen LogP contribution >= 0.6 is 11.3 Å². The van der Waals surface area contributed by atoms with E-state index in [2.05, 4.69) is 14.3 Å². The normalized spacial score (nSPS) is 13.0. The second-order valence-corrected chi connectivity index (χ2v) is 10.2. The highest BCUT2D eigenvalue weighted by Gasteiger charge is 2.17. The third-order valence-electron chi connectivity index (χ3n) is 4.62. The van der Waals surface area contributed by atoms with Crippen molar-refractivity contribution < 1.29 is 13.0 Å². The summed E-state index contributed by atoms with van der Waals surface area (Å²) in [6, 6.07) is 16.3. The van der Waals surface area contributed by atoms with Gasteiger partial charge in [-0.1, -0.05) is 25.1 Å². The third kappa shape index (κ3) is 4.55. The summed E-state index contributed by atoms with van der Waals surface area (Å²) in [6.07, 6.45) is 3.88. The molecule has 0 amide bonds. The van der Waals surface area contributed by atoms with E-state index in [0.29, 0.717) is 28.4 Å². The summed E-state index contributed by atoms with van der Waals surface area (Å²) in [7, 11) is -2.68. The maximum absolute atomic E-state index is 13.8. The number of pyridine rings is 1. The molecule has 0 bridgehead atoms. The van der Waals surface area contributed by atoms with Crippen molar-refractivity contribution in [3.8, 4) is 21.7 Å². The molecule has 2 aromatic carbocycles. The van der Waals surface area contributed by atoms with Gasteiger partial charge in [-0.25, -0.2) is 23.0 Å². The van der Waals surface area contributed by atoms with Crippen LogP contribution in [0.25, 0.3) is 21.7 Å². The van der Waals surface area contributed by atoms with Crippen LogP contribution < -0.4 is 0 Å². The average molecular weight is 456 g/mol. The molecule has 0 aliphatic carbocycles. The van der Waals surface area contributed by atoms with Gasteiger partial charge in [-0.15, -0.1) is 11.3 Å². The highest BCUT2D eigenvalue weighted by Crippen LogP contribution is 2.38. The quantitative estimate of drug-likeness (QED) is 0.345. The molecular weight excluding hydrogens is 436 g/mol. The van der Waals surface area contributed by atoms with Crippen molar-refractivity contribution >= 4 is 26.9 Å². The molecule has 4 nitrogen and oxygen atoms in total. The zero-order chi connectivity index (χ0) is 22.0. The van der Waals surface area contributed by atoms with Crippen LogP contribution in [0.1, 0.15) is 11.9 Å². The Morgan fingerprint density at radius 3 is 2.48 bits per heavy atom. The minimum atomic E-state index is -2.68. The molecule has 2 heterocycles. The number of hydrogen-bond donors (Lipinski definition) is 0. The minimum Gasteiger partial charge on any atom is -0.245 e. The molecular formula is C23H19F2N3OS2. The highest BCUT2D eigenvalue weighted by atomic mass is 32.2. The van der Waals surface area contributed by atoms with Gasteiger partial charge in [0.15, 0.2) is 17.5 Å². The molecule has 0 saturated carbocycles. The van der Waals surface area contributed by atoms with Crippen LogP contribution in [-0.4, -0.2) is 20.4 Å². The molecule has 8 heteroatoms. The molecule has 0 aliphatic rings. The number of thiazole rings is 1. The van der Waals surface area contributed by atoms with E-state index in [4.69, 9.17) is 0 Å². The van der Waals surface area contributed by atoms with Gasteiger partial charge >= 0.3 is 0 Å². The van der Waals surface area contributed by atoms with Crippen molar-refractivity contribution in [3.05, 3.63) is 83.5 Å². The largest absolute Gasteiger partial charge is 0.245 e. The molecule has 0 fully saturated rings. The van der Waals surface area contributed by atoms with E-state index in [1.807, 2.05) is 25.1 Å². The van der Waals surface area contributed by atoms with Gasteiger partial charge in [0.1, 0.15) is 0 Å². The Morgan fingerprint density at radius 2 is 1.77 bits per heavy atom. The number of hydrogen-bond acceptors (Lipinski definition) is 5. The van der Waals surface area contributed by atoms with Crippen LogP contribution in [0.3, 0.4) is 0 Å². The van der Waals surface area contributed by atoms with Gasteiger partial charge in [0, 0.05) is 22.9 Å². The smallest absolute Gasteiger partial charge is 0.162 e. The summed E-state index contributed by atoms with van der Waals surface area (Å²) in [5.41, 5.74) is 1.83. The number of benzene rings is 2. The topological polar surface area (TPSA) is 55.2 Å². The summed E-state index contributed by atoms with van der Waals surface area (Å²) in [5.74, 6) is -1.50. The van der Waals surface area contributed by atoms with Gasteiger partial charge in [-0.05, 0) is 54.4 Å². The fraction of sp³-hybridized carbons (Fsp3) is 0.130. The molecule has 31 heavy (non-hydrogen) atoms. The first-order valence-corrected chi connectivity index (χ1v) is 12.3. The number of rotatable bonds is 5. The first kappa shape index (κ1) is 21.3. The molecule has 158 valence electrons. The molecule has 0 N–H and O–H groups in total. The van der Waals surface area contributed by atoms with Crippen LogP contribution in [0.2, 0.25) is 0 Å². The van der Waals surface area contributed by atoms with Crippen LogP contribution in [-0.2, 0) is 16.1 Å². The van der Waals surface area contributed by atoms with E-state index >= 15 is 0 Å². The Balaban J connectivity index is 1.81. The number of nitrogens with zero attached hydrogens (tertiary/aromatic N) is 3. The summed E-state index contributed by atoms with van der Waals surface area (Å²) in [4.78, 5) is 10.3. The van der Waals surface area contributed by atoms with Crippen LogP contribution in [0.5, 0.6) is 0 Å². The molecule has 0 radical (unpaired) electrons. The lowest BCUT2D eigenvalue weighted by molar-refractivity contribution is 0.509. The lowest BCUT2D eigenvalue weighted by Crippen LogP contribution is -1.96. The molecule has 1 atom stereocenters. The molecule has 0 spiro atoms. The second kappa shape index (κ2) is 8.64. The summed E-state index contributed by atoms with van der Waals surface area (Å²) in [5, 5.41) is 0.869. The lowest BCUT2D eigenvalue weighted by atomic mass is 10.1. The van der Waals surface area contributed by atoms with E-state index in [1.54, 1.807) is 36.7 Å². The zero-order valence-electron chi connectivity index (χ0n) is 16.9. The first-order chi connectivity index (χ1) is 14.9. The molecule has 2 aromatic heterocycles. The SMILES string of the molecule is CCc1nc(-c2ccc(F)c(F)c2)c(-c2ccnc(N=S(C)(=O)c3ccccc3)c2)s1. The van der Waals surface area contributed by atoms with Gasteiger partial charge in [0.05, 0.1) is 25.3 Å². The van der Waals surface area contributed by atoms with Gasteiger partial charge < -0.3 is 0 Å². The standard InChI is InChI=1S/C23H19F2N3OS2/c1-3-21-27-22(15-9-10-18(24)19(25)13-15)23(30-21)16-11-12-26-20(14-16)28-31(2,29)17-7-5-4-6-8-17/h4-14H,3H2,1-2H3. The summed E-state index contributed by atoms with van der Waals surface area (Å²) >= 11 is 1.47. The maximum Gasteiger partial charge on any atom is 0.162 e. The van der Waals surface area contributed by atoms with Gasteiger partial charge in [-0.2, -0.15) is 4.36 Å². The predicted molar refractivity (Wildman–Crippen MR) is 121 cm³/mol. The van der Waals surface area contributed by atoms with Crippen molar-refractivity contribution in [2.75, 3.05) is 6.26 Å². The lowest BCUT2D eigenvalue weighted by Gasteiger charge is -2.06. The Labute approximate surface area is 183 Å². The Bertz CT molecular complexity index is 1360. The van der Waals surface area contributed by atoms with E-state index < -0.39 is 21.4 Å². The van der Waals surface area contributed by atoms with Gasteiger partial charge in [0.2, 0.25) is 0 Å². The maximum atomic E-state index is 13.8. The Morgan fingerprint density at radius 1 is 1.00 bits per heavy atom. The average Bonchev–Trinajstić information content (AvgIpc) is 3.21. The van der Waals surface area contributed by atoms with Crippen molar-refractivity contribution in [2.24, 2.45) is 4.36 Å². The van der Waals surface area contributed by atoms with Crippen molar-refractivity contribution in [2.45, 2.75) is 18.2 Å². The number of aromatic nitrogens is 2. The van der Waals surface area contributed by atoms with Crippen LogP contribution in [0.15, 0.2) is 76.1 Å². The van der Waals surface area contributed by atoms with Crippen molar-refractivity contribution in [1.82, 2.24) is 9.97 Å².